The first-order chi connectivity index (χ1) is 24.3. The zero-order valence-electron chi connectivity index (χ0n) is 37.2. The minimum atomic E-state index is -0.826. The summed E-state index contributed by atoms with van der Waals surface area (Å²) in [7, 11) is 13.9. The number of fused-ring (bicyclic) bond motifs is 2. The Morgan fingerprint density at radius 2 is 0.852 bits per heavy atom. The second-order valence-electron chi connectivity index (χ2n) is 20.4. The number of benzene rings is 2. The summed E-state index contributed by atoms with van der Waals surface area (Å²) in [6.07, 6.45) is 7.30. The van der Waals surface area contributed by atoms with Crippen molar-refractivity contribution in [3.05, 3.63) is 84.6 Å². The second-order valence-corrected chi connectivity index (χ2v) is 24.2. The average molecular weight is 861 g/mol. The second kappa shape index (κ2) is 19.3. The zero-order valence-corrected chi connectivity index (χ0v) is 41.1. The van der Waals surface area contributed by atoms with Crippen molar-refractivity contribution in [3.63, 3.8) is 0 Å². The van der Waals surface area contributed by atoms with Crippen LogP contribution >= 0.6 is 17.0 Å². The van der Waals surface area contributed by atoms with Gasteiger partial charge in [0.05, 0.1) is 12.2 Å². The fourth-order valence-corrected chi connectivity index (χ4v) is 13.1. The van der Waals surface area contributed by atoms with Crippen molar-refractivity contribution in [2.75, 3.05) is 14.2 Å². The number of rotatable bonds is 6. The van der Waals surface area contributed by atoms with E-state index in [-0.39, 0.29) is 37.9 Å². The molecule has 0 aliphatic heterocycles. The summed E-state index contributed by atoms with van der Waals surface area (Å²) in [6.45, 7) is 29.3. The quantitative estimate of drug-likeness (QED) is 0.270. The van der Waals surface area contributed by atoms with Crippen LogP contribution in [-0.2, 0) is 30.3 Å². The van der Waals surface area contributed by atoms with Crippen LogP contribution in [0.3, 0.4) is 0 Å². The van der Waals surface area contributed by atoms with E-state index in [2.05, 4.69) is 119 Å². The molecule has 4 aliphatic carbocycles. The van der Waals surface area contributed by atoms with Crippen LogP contribution in [0.1, 0.15) is 133 Å². The average Bonchev–Trinajstić information content (AvgIpc) is 3.51. The molecule has 6 rings (SSSR count). The predicted octanol–water partition coefficient (Wildman–Crippen LogP) is 14.4. The summed E-state index contributed by atoms with van der Waals surface area (Å²) < 4.78 is 13.2. The van der Waals surface area contributed by atoms with E-state index >= 15 is 0 Å². The van der Waals surface area contributed by atoms with Crippen LogP contribution < -0.4 is 0 Å². The molecule has 0 radical (unpaired) electrons. The molecular formula is C49H78Cl2O2Zr. The molecule has 14 unspecified atom stereocenters. The van der Waals surface area contributed by atoms with Crippen LogP contribution in [0.4, 0.5) is 0 Å². The Labute approximate surface area is 353 Å². The van der Waals surface area contributed by atoms with E-state index in [1.54, 1.807) is 0 Å². The van der Waals surface area contributed by atoms with Crippen molar-refractivity contribution in [2.24, 2.45) is 70.0 Å². The molecule has 5 heteroatoms. The summed E-state index contributed by atoms with van der Waals surface area (Å²) in [5, 5.41) is 0. The Bertz CT molecular complexity index is 1340. The third-order valence-corrected chi connectivity index (χ3v) is 15.0. The number of aryl methyl sites for hydroxylation is 4. The molecule has 4 saturated carbocycles. The van der Waals surface area contributed by atoms with Crippen molar-refractivity contribution in [1.82, 2.24) is 0 Å². The summed E-state index contributed by atoms with van der Waals surface area (Å²) >= 11 is -0.826. The Balaban J connectivity index is 0.00000152. The third-order valence-electron chi connectivity index (χ3n) is 15.0. The number of hydrogen-bond acceptors (Lipinski definition) is 2. The van der Waals surface area contributed by atoms with Gasteiger partial charge in [-0.3, -0.25) is 0 Å². The van der Waals surface area contributed by atoms with Crippen LogP contribution in [0.2, 0.25) is 0 Å². The molecule has 0 bridgehead atoms. The molecule has 2 aromatic rings. The molecule has 2 nitrogen and oxygen atoms in total. The minimum absolute atomic E-state index is 0. The molecule has 304 valence electrons. The Hall–Kier alpha value is -0.177. The molecule has 4 aliphatic rings. The van der Waals surface area contributed by atoms with Gasteiger partial charge >= 0.3 is 37.9 Å². The maximum atomic E-state index is 6.60. The summed E-state index contributed by atoms with van der Waals surface area (Å²) in [5.41, 5.74) is 9.08. The first kappa shape index (κ1) is 48.2. The number of ether oxygens (including phenoxy) is 2. The van der Waals surface area contributed by atoms with Gasteiger partial charge in [0.2, 0.25) is 0 Å². The van der Waals surface area contributed by atoms with E-state index in [0.29, 0.717) is 35.5 Å². The van der Waals surface area contributed by atoms with Crippen LogP contribution in [0.25, 0.3) is 0 Å². The Kier molecular flexibility index (Phi) is 17.2. The zero-order chi connectivity index (χ0) is 38.4. The van der Waals surface area contributed by atoms with Gasteiger partial charge in [-0.2, -0.15) is 0 Å². The van der Waals surface area contributed by atoms with Gasteiger partial charge in [0.1, 0.15) is 0 Å². The van der Waals surface area contributed by atoms with Gasteiger partial charge in [0.25, 0.3) is 0 Å². The molecule has 2 aromatic carbocycles. The number of methoxy groups -OCH3 is 2. The van der Waals surface area contributed by atoms with E-state index in [1.165, 1.54) is 65.5 Å². The van der Waals surface area contributed by atoms with Gasteiger partial charge < -0.3 is 24.3 Å². The summed E-state index contributed by atoms with van der Waals surface area (Å²) in [4.78, 5) is 0. The SMILES string of the molecule is COC1C(c2cc(C)cc(C)c2)C2CC(C)C(CC3C(C)CC4C3CC(C(C)(C)C)C(OC)C4c3cc(C)cc(C)c3)C2CC1C(C)(C)C.[CH3-].[CH3-].[Cl][Zr+2][Cl]. The number of hydrogen-bond donors (Lipinski definition) is 0. The van der Waals surface area contributed by atoms with Crippen LogP contribution in [0.15, 0.2) is 36.4 Å². The van der Waals surface area contributed by atoms with Crippen molar-refractivity contribution in [1.29, 1.82) is 0 Å². The van der Waals surface area contributed by atoms with E-state index in [0.717, 1.165) is 35.5 Å². The van der Waals surface area contributed by atoms with Crippen molar-refractivity contribution in [2.45, 2.75) is 139 Å². The monoisotopic (exact) mass is 858 g/mol. The van der Waals surface area contributed by atoms with Gasteiger partial charge in [0.15, 0.2) is 0 Å². The molecule has 0 N–H and O–H groups in total. The first-order valence-corrected chi connectivity index (χ1v) is 26.9. The van der Waals surface area contributed by atoms with Crippen LogP contribution in [-0.4, -0.2) is 26.4 Å². The standard InChI is InChI=1S/C47H72O2.2CH3.2ClH.Zr/c1-26-15-27(2)18-32(17-26)42-38-21-30(5)34(36(38)24-40(44(42)48-13)46(7,8)9)23-35-31(6)22-39-37(35)25-41(47(10,11)12)45(49-14)43(39)33-19-28(3)16-29(4)20-33;;;;;/h15-20,30-31,34-45H,21-25H2,1-14H3;2*1H3;2*1H;/q;2*-1;;;+4/p-2. The first-order valence-electron chi connectivity index (χ1n) is 20.5. The summed E-state index contributed by atoms with van der Waals surface area (Å²) in [6, 6.07) is 14.7. The maximum absolute atomic E-state index is 6.60. The van der Waals surface area contributed by atoms with Crippen molar-refractivity contribution < 1.29 is 30.3 Å². The topological polar surface area (TPSA) is 18.5 Å². The summed E-state index contributed by atoms with van der Waals surface area (Å²) in [5.74, 6) is 8.11. The third kappa shape index (κ3) is 9.98. The normalized spacial score (nSPS) is 36.1. The van der Waals surface area contributed by atoms with E-state index in [1.807, 2.05) is 14.2 Å². The van der Waals surface area contributed by atoms with Gasteiger partial charge in [-0.15, -0.1) is 0 Å². The molecule has 14 atom stereocenters. The Morgan fingerprint density at radius 1 is 0.556 bits per heavy atom. The van der Waals surface area contributed by atoms with Gasteiger partial charge in [-0.25, -0.2) is 0 Å². The fraction of sp³-hybridized carbons (Fsp3) is 0.714. The van der Waals surface area contributed by atoms with Gasteiger partial charge in [-0.1, -0.05) is 114 Å². The molecule has 0 heterocycles. The Morgan fingerprint density at radius 3 is 1.11 bits per heavy atom. The molecule has 0 spiro atoms. The molecule has 0 amide bonds. The molecule has 0 aromatic heterocycles. The molecule has 54 heavy (non-hydrogen) atoms. The van der Waals surface area contributed by atoms with E-state index in [4.69, 9.17) is 26.5 Å². The molecule has 4 fully saturated rings. The number of halogens is 2. The van der Waals surface area contributed by atoms with E-state index < -0.39 is 20.8 Å². The van der Waals surface area contributed by atoms with E-state index in [9.17, 15) is 0 Å². The van der Waals surface area contributed by atoms with Crippen molar-refractivity contribution in [3.8, 4) is 0 Å². The molecule has 0 saturated heterocycles. The van der Waals surface area contributed by atoms with Crippen LogP contribution in [0.5, 0.6) is 0 Å². The van der Waals surface area contributed by atoms with Gasteiger partial charge in [0, 0.05) is 26.1 Å². The fourth-order valence-electron chi connectivity index (χ4n) is 13.1. The predicted molar refractivity (Wildman–Crippen MR) is 232 cm³/mol. The van der Waals surface area contributed by atoms with Crippen molar-refractivity contribution >= 4 is 17.0 Å². The molecular weight excluding hydrogens is 783 g/mol. The van der Waals surface area contributed by atoms with Gasteiger partial charge in [-0.05, 0) is 141 Å². The van der Waals surface area contributed by atoms with Crippen LogP contribution in [0, 0.1) is 113 Å².